The van der Waals surface area contributed by atoms with Crippen LogP contribution in [0.1, 0.15) is 92.4 Å². The van der Waals surface area contributed by atoms with Gasteiger partial charge >= 0.3 is 0 Å². The summed E-state index contributed by atoms with van der Waals surface area (Å²) in [5, 5.41) is 0. The van der Waals surface area contributed by atoms with Gasteiger partial charge in [-0.15, -0.1) is 0 Å². The van der Waals surface area contributed by atoms with Gasteiger partial charge in [-0.05, 0) is 62.2 Å². The summed E-state index contributed by atoms with van der Waals surface area (Å²) in [5.41, 5.74) is 1.98. The van der Waals surface area contributed by atoms with E-state index in [9.17, 15) is 4.79 Å². The number of carbonyl (C=O) groups is 1. The first-order valence-electron chi connectivity index (χ1n) is 11.0. The van der Waals surface area contributed by atoms with E-state index in [0.29, 0.717) is 26.4 Å². The largest absolute Gasteiger partial charge is 0.518 e. The summed E-state index contributed by atoms with van der Waals surface area (Å²) in [6, 6.07) is 0.803. The molecule has 0 amide bonds. The first-order chi connectivity index (χ1) is 12.4. The predicted octanol–water partition coefficient (Wildman–Crippen LogP) is 6.26. The summed E-state index contributed by atoms with van der Waals surface area (Å²) in [4.78, 5) is 13.1. The molecule has 0 aliphatic heterocycles. The molecule has 150 valence electrons. The molecule has 3 nitrogen and oxygen atoms in total. The topological polar surface area (TPSA) is 35.5 Å². The lowest BCUT2D eigenvalue weighted by atomic mass is 10.2. The zero-order valence-corrected chi connectivity index (χ0v) is 19.7. The van der Waals surface area contributed by atoms with Gasteiger partial charge in [0.1, 0.15) is 0 Å². The third-order valence-electron chi connectivity index (χ3n) is 6.76. The van der Waals surface area contributed by atoms with E-state index in [4.69, 9.17) is 8.85 Å². The van der Waals surface area contributed by atoms with Crippen molar-refractivity contribution in [3.8, 4) is 0 Å². The summed E-state index contributed by atoms with van der Waals surface area (Å²) in [7, 11) is -1.71. The van der Waals surface area contributed by atoms with E-state index in [1.54, 1.807) is 0 Å². The van der Waals surface area contributed by atoms with Gasteiger partial charge in [0.15, 0.2) is 0 Å². The van der Waals surface area contributed by atoms with Gasteiger partial charge in [-0.25, -0.2) is 0 Å². The monoisotopic (exact) mass is 396 g/mol. The fraction of sp³-hybridized carbons (Fsp3) is 0.952. The van der Waals surface area contributed by atoms with Crippen LogP contribution in [0, 0.1) is 5.92 Å². The molecule has 5 heteroatoms. The summed E-state index contributed by atoms with van der Waals surface area (Å²) < 4.78 is 12.4. The zero-order chi connectivity index (χ0) is 19.2. The molecule has 0 aromatic carbocycles. The van der Waals surface area contributed by atoms with Crippen LogP contribution in [0.4, 0.5) is 0 Å². The zero-order valence-electron chi connectivity index (χ0n) is 17.7. The van der Waals surface area contributed by atoms with Crippen LogP contribution in [0.25, 0.3) is 0 Å². The van der Waals surface area contributed by atoms with Crippen molar-refractivity contribution in [3.63, 3.8) is 0 Å². The van der Waals surface area contributed by atoms with Crippen molar-refractivity contribution in [2.24, 2.45) is 5.92 Å². The number of hydrogen-bond donors (Lipinski definition) is 0. The smallest absolute Gasteiger partial charge is 0.295 e. The molecule has 2 unspecified atom stereocenters. The van der Waals surface area contributed by atoms with E-state index in [0.717, 1.165) is 12.5 Å². The fourth-order valence-corrected chi connectivity index (χ4v) is 12.6. The minimum Gasteiger partial charge on any atom is -0.518 e. The van der Waals surface area contributed by atoms with Crippen LogP contribution in [-0.2, 0) is 13.6 Å². The lowest BCUT2D eigenvalue weighted by Gasteiger charge is -2.45. The first kappa shape index (κ1) is 22.2. The second-order valence-corrected chi connectivity index (χ2v) is 14.4. The van der Waals surface area contributed by atoms with Crippen LogP contribution >= 0.6 is 0 Å². The molecule has 2 atom stereocenters. The maximum Gasteiger partial charge on any atom is 0.295 e. The second-order valence-electron chi connectivity index (χ2n) is 8.96. The molecule has 26 heavy (non-hydrogen) atoms. The second kappa shape index (κ2) is 10.4. The molecule has 0 aromatic heterocycles. The summed E-state index contributed by atoms with van der Waals surface area (Å²) >= 11 is 0. The summed E-state index contributed by atoms with van der Waals surface area (Å²) in [5.74, 6) is 0.0430. The highest BCUT2D eigenvalue weighted by molar-refractivity contribution is 6.79. The number of rotatable bonds is 10. The average molecular weight is 397 g/mol. The van der Waals surface area contributed by atoms with E-state index in [1.807, 2.05) is 6.92 Å². The van der Waals surface area contributed by atoms with Gasteiger partial charge in [-0.2, -0.15) is 0 Å². The predicted molar refractivity (Wildman–Crippen MR) is 112 cm³/mol. The maximum absolute atomic E-state index is 13.1. The SMILES string of the molecule is CCC(C)[Si](OC(=O)C(C)C[Si]OC(C)C)(C1CCCC1)C1CCCC1. The molecule has 2 rings (SSSR count). The Bertz CT molecular complexity index is 413. The van der Waals surface area contributed by atoms with Crippen LogP contribution in [0.15, 0.2) is 0 Å². The van der Waals surface area contributed by atoms with Crippen LogP contribution in [0.3, 0.4) is 0 Å². The van der Waals surface area contributed by atoms with Gasteiger partial charge in [0.2, 0.25) is 9.76 Å². The minimum absolute atomic E-state index is 0.0363. The van der Waals surface area contributed by atoms with Gasteiger partial charge in [-0.1, -0.05) is 52.9 Å². The molecule has 2 radical (unpaired) electrons. The van der Waals surface area contributed by atoms with Crippen molar-refractivity contribution in [2.45, 2.75) is 121 Å². The van der Waals surface area contributed by atoms with Gasteiger partial charge in [0.05, 0.1) is 5.92 Å². The van der Waals surface area contributed by atoms with E-state index in [1.165, 1.54) is 51.4 Å². The summed E-state index contributed by atoms with van der Waals surface area (Å²) in [6.07, 6.45) is 11.9. The molecule has 2 saturated carbocycles. The molecular weight excluding hydrogens is 356 g/mol. The fourth-order valence-electron chi connectivity index (χ4n) is 5.18. The van der Waals surface area contributed by atoms with Gasteiger partial charge < -0.3 is 8.85 Å². The normalized spacial score (nSPS) is 22.1. The molecular formula is C21H40O3Si2. The van der Waals surface area contributed by atoms with Gasteiger partial charge in [-0.3, -0.25) is 4.79 Å². The molecule has 0 bridgehead atoms. The van der Waals surface area contributed by atoms with Crippen molar-refractivity contribution < 1.29 is 13.6 Å². The third kappa shape index (κ3) is 5.22. The van der Waals surface area contributed by atoms with E-state index in [-0.39, 0.29) is 18.0 Å². The Hall–Kier alpha value is -0.136. The van der Waals surface area contributed by atoms with Crippen LogP contribution < -0.4 is 0 Å². The Morgan fingerprint density at radius 3 is 1.92 bits per heavy atom. The number of hydrogen-bond acceptors (Lipinski definition) is 3. The lowest BCUT2D eigenvalue weighted by Crippen LogP contribution is -2.52. The Balaban J connectivity index is 2.15. The average Bonchev–Trinajstić information content (AvgIpc) is 3.32. The maximum atomic E-state index is 13.1. The Kier molecular flexibility index (Phi) is 8.88. The Labute approximate surface area is 165 Å². The molecule has 0 saturated heterocycles. The van der Waals surface area contributed by atoms with Crippen LogP contribution in [0.5, 0.6) is 0 Å². The first-order valence-corrected chi connectivity index (χ1v) is 14.3. The van der Waals surface area contributed by atoms with E-state index >= 15 is 0 Å². The molecule has 0 heterocycles. The summed E-state index contributed by atoms with van der Waals surface area (Å²) in [6.45, 7) is 10.8. The molecule has 0 N–H and O–H groups in total. The third-order valence-corrected chi connectivity index (χ3v) is 14.4. The minimum atomic E-state index is -2.11. The van der Waals surface area contributed by atoms with Crippen molar-refractivity contribution in [1.29, 1.82) is 0 Å². The Morgan fingerprint density at radius 1 is 1.00 bits per heavy atom. The molecule has 0 aromatic rings. The highest BCUT2D eigenvalue weighted by Crippen LogP contribution is 2.56. The van der Waals surface area contributed by atoms with Crippen LogP contribution in [-0.4, -0.2) is 30.2 Å². The van der Waals surface area contributed by atoms with E-state index < -0.39 is 8.32 Å². The standard InChI is InChI=1S/C21H40O3Si2/c1-6-18(5)26(19-11-7-8-12-19,20-13-9-10-14-20)24-21(22)17(4)15-25-23-16(2)3/h16-20H,6-15H2,1-5H3. The van der Waals surface area contributed by atoms with Gasteiger partial charge in [0.25, 0.3) is 14.3 Å². The van der Waals surface area contributed by atoms with Gasteiger partial charge in [0, 0.05) is 6.10 Å². The molecule has 2 aliphatic carbocycles. The van der Waals surface area contributed by atoms with Crippen molar-refractivity contribution >= 4 is 24.0 Å². The highest BCUT2D eigenvalue weighted by atomic mass is 28.4. The Morgan fingerprint density at radius 2 is 1.50 bits per heavy atom. The van der Waals surface area contributed by atoms with Crippen LogP contribution in [0.2, 0.25) is 22.7 Å². The lowest BCUT2D eigenvalue weighted by molar-refractivity contribution is -0.139. The van der Waals surface area contributed by atoms with Crippen molar-refractivity contribution in [1.82, 2.24) is 0 Å². The molecule has 0 spiro atoms. The highest BCUT2D eigenvalue weighted by Gasteiger charge is 2.56. The molecule has 2 fully saturated rings. The van der Waals surface area contributed by atoms with E-state index in [2.05, 4.69) is 27.7 Å². The van der Waals surface area contributed by atoms with Crippen molar-refractivity contribution in [3.05, 3.63) is 0 Å². The van der Waals surface area contributed by atoms with Crippen molar-refractivity contribution in [2.75, 3.05) is 0 Å². The quantitative estimate of drug-likeness (QED) is 0.409. The number of carbonyl (C=O) groups excluding carboxylic acids is 1. The molecule has 2 aliphatic rings.